The molecule has 1 atom stereocenters. The number of allylic oxidation sites excluding steroid dienone is 2. The third-order valence-corrected chi connectivity index (χ3v) is 1.88. The molecule has 1 unspecified atom stereocenters. The molecule has 1 N–H and O–H groups in total. The summed E-state index contributed by atoms with van der Waals surface area (Å²) in [6.45, 7) is 2.05. The van der Waals surface area contributed by atoms with Crippen LogP contribution in [0, 0.1) is 0 Å². The average Bonchev–Trinajstić information content (AvgIpc) is 2.02. The summed E-state index contributed by atoms with van der Waals surface area (Å²) in [5.74, 6) is 0.184. The molecule has 1 rings (SSSR count). The van der Waals surface area contributed by atoms with E-state index in [9.17, 15) is 4.79 Å². The smallest absolute Gasteiger partial charge is 0.220 e. The van der Waals surface area contributed by atoms with E-state index in [1.807, 2.05) is 0 Å². The number of carbonyl (C=O) groups excluding carboxylic acids is 1. The van der Waals surface area contributed by atoms with E-state index in [1.54, 1.807) is 0 Å². The minimum Gasteiger partial charge on any atom is -0.354 e. The first kappa shape index (κ1) is 8.31. The Bertz CT molecular complexity index is 163. The monoisotopic (exact) mass is 153 g/mol. The fraction of sp³-hybridized carbons (Fsp3) is 0.667. The van der Waals surface area contributed by atoms with Crippen LogP contribution in [-0.4, -0.2) is 11.9 Å². The van der Waals surface area contributed by atoms with Gasteiger partial charge in [-0.3, -0.25) is 4.79 Å². The number of nitrogens with one attached hydrogen (secondary N) is 1. The Hall–Kier alpha value is -0.790. The second kappa shape index (κ2) is 4.16. The van der Waals surface area contributed by atoms with Gasteiger partial charge < -0.3 is 5.32 Å². The zero-order chi connectivity index (χ0) is 8.10. The van der Waals surface area contributed by atoms with Gasteiger partial charge in [-0.2, -0.15) is 0 Å². The van der Waals surface area contributed by atoms with Crippen molar-refractivity contribution in [2.45, 2.75) is 38.6 Å². The summed E-state index contributed by atoms with van der Waals surface area (Å²) in [6, 6.07) is 0.338. The molecular weight excluding hydrogens is 138 g/mol. The number of rotatable bonds is 0. The molecule has 0 fully saturated rings. The standard InChI is InChI=1S/C9H15NO/c1-8-6-4-2-3-5-7-9(11)10-8/h2-3,8H,4-7H2,1H3,(H,10,11)/b3-2+. The van der Waals surface area contributed by atoms with E-state index in [0.29, 0.717) is 12.5 Å². The molecule has 0 radical (unpaired) electrons. The van der Waals surface area contributed by atoms with Gasteiger partial charge >= 0.3 is 0 Å². The van der Waals surface area contributed by atoms with Crippen LogP contribution in [0.3, 0.4) is 0 Å². The fourth-order valence-electron chi connectivity index (χ4n) is 1.22. The molecule has 0 aromatic carbocycles. The number of carbonyl (C=O) groups is 1. The van der Waals surface area contributed by atoms with E-state index in [2.05, 4.69) is 24.4 Å². The maximum atomic E-state index is 11.1. The molecule has 0 saturated carbocycles. The normalized spacial score (nSPS) is 29.5. The third-order valence-electron chi connectivity index (χ3n) is 1.88. The van der Waals surface area contributed by atoms with Crippen LogP contribution in [0.2, 0.25) is 0 Å². The highest BCUT2D eigenvalue weighted by Crippen LogP contribution is 2.03. The highest BCUT2D eigenvalue weighted by molar-refractivity contribution is 5.76. The fourth-order valence-corrected chi connectivity index (χ4v) is 1.22. The Morgan fingerprint density at radius 3 is 3.00 bits per heavy atom. The van der Waals surface area contributed by atoms with Gasteiger partial charge in [-0.15, -0.1) is 0 Å². The molecule has 0 aliphatic carbocycles. The van der Waals surface area contributed by atoms with Gasteiger partial charge in [0.1, 0.15) is 0 Å². The van der Waals surface area contributed by atoms with Crippen LogP contribution in [0.5, 0.6) is 0 Å². The van der Waals surface area contributed by atoms with Crippen molar-refractivity contribution in [3.05, 3.63) is 12.2 Å². The summed E-state index contributed by atoms with van der Waals surface area (Å²) >= 11 is 0. The molecule has 2 nitrogen and oxygen atoms in total. The topological polar surface area (TPSA) is 29.1 Å². The summed E-state index contributed by atoms with van der Waals surface area (Å²) in [4.78, 5) is 11.1. The Labute approximate surface area is 67.7 Å². The molecule has 1 aliphatic heterocycles. The van der Waals surface area contributed by atoms with Gasteiger partial charge in [0.2, 0.25) is 5.91 Å². The largest absolute Gasteiger partial charge is 0.354 e. The van der Waals surface area contributed by atoms with Crippen LogP contribution in [-0.2, 0) is 4.79 Å². The lowest BCUT2D eigenvalue weighted by Crippen LogP contribution is -2.31. The second-order valence-corrected chi connectivity index (χ2v) is 3.06. The average molecular weight is 153 g/mol. The highest BCUT2D eigenvalue weighted by atomic mass is 16.1. The van der Waals surface area contributed by atoms with Crippen LogP contribution in [0.15, 0.2) is 12.2 Å². The van der Waals surface area contributed by atoms with Crippen molar-refractivity contribution in [2.24, 2.45) is 0 Å². The lowest BCUT2D eigenvalue weighted by molar-refractivity contribution is -0.121. The quantitative estimate of drug-likeness (QED) is 0.526. The van der Waals surface area contributed by atoms with Gasteiger partial charge in [0.25, 0.3) is 0 Å². The number of hydrogen-bond donors (Lipinski definition) is 1. The van der Waals surface area contributed by atoms with Crippen LogP contribution < -0.4 is 5.32 Å². The first-order valence-corrected chi connectivity index (χ1v) is 4.23. The molecule has 2 heteroatoms. The molecule has 0 aromatic heterocycles. The molecular formula is C9H15NO. The minimum absolute atomic E-state index is 0.184. The summed E-state index contributed by atoms with van der Waals surface area (Å²) in [5, 5.41) is 2.94. The summed E-state index contributed by atoms with van der Waals surface area (Å²) in [6.07, 6.45) is 7.93. The number of amides is 1. The Balaban J connectivity index is 2.43. The zero-order valence-corrected chi connectivity index (χ0v) is 6.97. The van der Waals surface area contributed by atoms with E-state index >= 15 is 0 Å². The lowest BCUT2D eigenvalue weighted by Gasteiger charge is -2.10. The van der Waals surface area contributed by atoms with Crippen LogP contribution >= 0.6 is 0 Å². The molecule has 11 heavy (non-hydrogen) atoms. The van der Waals surface area contributed by atoms with Crippen molar-refractivity contribution in [3.8, 4) is 0 Å². The number of hydrogen-bond acceptors (Lipinski definition) is 1. The molecule has 1 aliphatic rings. The Morgan fingerprint density at radius 1 is 1.45 bits per heavy atom. The van der Waals surface area contributed by atoms with E-state index in [0.717, 1.165) is 19.3 Å². The van der Waals surface area contributed by atoms with Crippen molar-refractivity contribution in [2.75, 3.05) is 0 Å². The van der Waals surface area contributed by atoms with Gasteiger partial charge in [-0.1, -0.05) is 12.2 Å². The molecule has 0 bridgehead atoms. The van der Waals surface area contributed by atoms with Gasteiger partial charge in [-0.05, 0) is 26.2 Å². The van der Waals surface area contributed by atoms with Crippen molar-refractivity contribution in [1.82, 2.24) is 5.32 Å². The van der Waals surface area contributed by atoms with E-state index in [1.165, 1.54) is 0 Å². The van der Waals surface area contributed by atoms with Crippen molar-refractivity contribution in [1.29, 1.82) is 0 Å². The van der Waals surface area contributed by atoms with Gasteiger partial charge in [0, 0.05) is 12.5 Å². The Morgan fingerprint density at radius 2 is 2.18 bits per heavy atom. The molecule has 0 saturated heterocycles. The van der Waals surface area contributed by atoms with Crippen LogP contribution in [0.25, 0.3) is 0 Å². The minimum atomic E-state index is 0.184. The zero-order valence-electron chi connectivity index (χ0n) is 6.97. The summed E-state index contributed by atoms with van der Waals surface area (Å²) in [5.41, 5.74) is 0. The SMILES string of the molecule is CC1CC/C=C/CCC(=O)N1. The van der Waals surface area contributed by atoms with Crippen molar-refractivity contribution >= 4 is 5.91 Å². The van der Waals surface area contributed by atoms with Crippen molar-refractivity contribution < 1.29 is 4.79 Å². The lowest BCUT2D eigenvalue weighted by atomic mass is 10.2. The third kappa shape index (κ3) is 3.21. The molecule has 0 spiro atoms. The van der Waals surface area contributed by atoms with E-state index < -0.39 is 0 Å². The predicted octanol–water partition coefficient (Wildman–Crippen LogP) is 1.62. The van der Waals surface area contributed by atoms with E-state index in [4.69, 9.17) is 0 Å². The molecule has 0 aromatic rings. The predicted molar refractivity (Wildman–Crippen MR) is 45.2 cm³/mol. The van der Waals surface area contributed by atoms with Crippen LogP contribution in [0.4, 0.5) is 0 Å². The van der Waals surface area contributed by atoms with Gasteiger partial charge in [-0.25, -0.2) is 0 Å². The highest BCUT2D eigenvalue weighted by Gasteiger charge is 2.06. The molecule has 62 valence electrons. The van der Waals surface area contributed by atoms with E-state index in [-0.39, 0.29) is 5.91 Å². The first-order valence-electron chi connectivity index (χ1n) is 4.23. The summed E-state index contributed by atoms with van der Waals surface area (Å²) < 4.78 is 0. The second-order valence-electron chi connectivity index (χ2n) is 3.06. The maximum Gasteiger partial charge on any atom is 0.220 e. The summed E-state index contributed by atoms with van der Waals surface area (Å²) in [7, 11) is 0. The first-order chi connectivity index (χ1) is 5.29. The van der Waals surface area contributed by atoms with Gasteiger partial charge in [0.15, 0.2) is 0 Å². The molecule has 1 heterocycles. The van der Waals surface area contributed by atoms with Crippen molar-refractivity contribution in [3.63, 3.8) is 0 Å². The Kier molecular flexibility index (Phi) is 3.14. The maximum absolute atomic E-state index is 11.1. The van der Waals surface area contributed by atoms with Gasteiger partial charge in [0.05, 0.1) is 0 Å². The van der Waals surface area contributed by atoms with Crippen LogP contribution in [0.1, 0.15) is 32.6 Å². The molecule has 1 amide bonds.